The molecule has 0 bridgehead atoms. The van der Waals surface area contributed by atoms with Crippen molar-refractivity contribution in [3.63, 3.8) is 0 Å². The first-order valence-corrected chi connectivity index (χ1v) is 4.80. The summed E-state index contributed by atoms with van der Waals surface area (Å²) in [6.07, 6.45) is 1.45. The summed E-state index contributed by atoms with van der Waals surface area (Å²) in [5.41, 5.74) is 5.53. The molecule has 0 radical (unpaired) electrons. The van der Waals surface area contributed by atoms with E-state index in [1.165, 1.54) is 0 Å². The molecule has 1 amide bonds. The number of nitrogens with one attached hydrogen (secondary N) is 2. The molecule has 2 atom stereocenters. The second-order valence-corrected chi connectivity index (χ2v) is 3.91. The molecule has 12 heavy (non-hydrogen) atoms. The highest BCUT2D eigenvalue weighted by Crippen LogP contribution is 2.02. The minimum atomic E-state index is 0.0219. The van der Waals surface area contributed by atoms with Gasteiger partial charge in [0.2, 0.25) is 5.91 Å². The second kappa shape index (κ2) is 6.31. The Bertz CT molecular complexity index is 139. The number of rotatable bonds is 5. The molecule has 1 unspecified atom stereocenters. The smallest absolute Gasteiger partial charge is 0.233 e. The van der Waals surface area contributed by atoms with Crippen molar-refractivity contribution >= 4 is 18.5 Å². The van der Waals surface area contributed by atoms with E-state index in [1.807, 2.05) is 20.8 Å². The molecule has 0 aliphatic rings. The molecule has 72 valence electrons. The Labute approximate surface area is 79.7 Å². The van der Waals surface area contributed by atoms with Crippen molar-refractivity contribution in [2.24, 2.45) is 0 Å². The first-order valence-electron chi connectivity index (χ1n) is 4.28. The molecule has 0 aliphatic heterocycles. The molecule has 0 rings (SSSR count). The zero-order chi connectivity index (χ0) is 9.56. The van der Waals surface area contributed by atoms with Crippen LogP contribution in [0.5, 0.6) is 0 Å². The van der Waals surface area contributed by atoms with Gasteiger partial charge < -0.3 is 0 Å². The maximum absolute atomic E-state index is 10.8. The lowest BCUT2D eigenvalue weighted by Gasteiger charge is -2.15. The van der Waals surface area contributed by atoms with Gasteiger partial charge in [0.05, 0.1) is 0 Å². The summed E-state index contributed by atoms with van der Waals surface area (Å²) in [4.78, 5) is 10.8. The van der Waals surface area contributed by atoms with Gasteiger partial charge in [0.1, 0.15) is 0 Å². The van der Waals surface area contributed by atoms with Crippen LogP contribution < -0.4 is 10.9 Å². The molecule has 0 aromatic heterocycles. The van der Waals surface area contributed by atoms with E-state index in [4.69, 9.17) is 0 Å². The van der Waals surface area contributed by atoms with E-state index in [9.17, 15) is 4.79 Å². The van der Waals surface area contributed by atoms with Crippen LogP contribution in [-0.4, -0.2) is 17.2 Å². The lowest BCUT2D eigenvalue weighted by molar-refractivity contribution is -0.121. The van der Waals surface area contributed by atoms with Crippen LogP contribution in [0.4, 0.5) is 0 Å². The van der Waals surface area contributed by atoms with Crippen molar-refractivity contribution < 1.29 is 4.79 Å². The van der Waals surface area contributed by atoms with Gasteiger partial charge in [-0.2, -0.15) is 12.6 Å². The zero-order valence-corrected chi connectivity index (χ0v) is 8.82. The number of carbonyl (C=O) groups excluding carboxylic acids is 1. The standard InChI is InChI=1S/C8H18N2OS/c1-4-8(11)10-9-6(2)5-7(3)12/h6-7,9,12H,4-5H2,1-3H3,(H,10,11)/t6?,7-/m0/s1. The topological polar surface area (TPSA) is 41.1 Å². The van der Waals surface area contributed by atoms with Gasteiger partial charge in [0.15, 0.2) is 0 Å². The summed E-state index contributed by atoms with van der Waals surface area (Å²) in [7, 11) is 0. The second-order valence-electron chi connectivity index (χ2n) is 3.03. The van der Waals surface area contributed by atoms with Gasteiger partial charge in [0, 0.05) is 17.7 Å². The lowest BCUT2D eigenvalue weighted by atomic mass is 10.2. The van der Waals surface area contributed by atoms with Crippen molar-refractivity contribution in [3.8, 4) is 0 Å². The van der Waals surface area contributed by atoms with Gasteiger partial charge in [-0.05, 0) is 13.3 Å². The Balaban J connectivity index is 3.43. The average molecular weight is 190 g/mol. The molecule has 0 saturated heterocycles. The normalized spacial score (nSPS) is 15.3. The number of hydrazine groups is 1. The molecule has 0 aromatic rings. The highest BCUT2D eigenvalue weighted by molar-refractivity contribution is 7.80. The third-order valence-electron chi connectivity index (χ3n) is 1.47. The van der Waals surface area contributed by atoms with Gasteiger partial charge in [0.25, 0.3) is 0 Å². The third kappa shape index (κ3) is 6.49. The number of carbonyl (C=O) groups is 1. The van der Waals surface area contributed by atoms with Gasteiger partial charge in [-0.15, -0.1) is 0 Å². The highest BCUT2D eigenvalue weighted by Gasteiger charge is 2.05. The number of amides is 1. The van der Waals surface area contributed by atoms with E-state index in [0.29, 0.717) is 11.7 Å². The van der Waals surface area contributed by atoms with Crippen molar-refractivity contribution in [2.75, 3.05) is 0 Å². The summed E-state index contributed by atoms with van der Waals surface area (Å²) in [5, 5.41) is 0.353. The van der Waals surface area contributed by atoms with E-state index in [2.05, 4.69) is 23.5 Å². The molecule has 0 spiro atoms. The quantitative estimate of drug-likeness (QED) is 0.449. The van der Waals surface area contributed by atoms with E-state index < -0.39 is 0 Å². The van der Waals surface area contributed by atoms with Crippen molar-refractivity contribution in [3.05, 3.63) is 0 Å². The molecule has 3 nitrogen and oxygen atoms in total. The van der Waals surface area contributed by atoms with E-state index in [-0.39, 0.29) is 11.9 Å². The molecule has 4 heteroatoms. The first kappa shape index (κ1) is 11.8. The summed E-state index contributed by atoms with van der Waals surface area (Å²) >= 11 is 4.25. The summed E-state index contributed by atoms with van der Waals surface area (Å²) in [6, 6.07) is 0.271. The molecule has 0 saturated carbocycles. The molecular weight excluding hydrogens is 172 g/mol. The largest absolute Gasteiger partial charge is 0.291 e. The predicted octanol–water partition coefficient (Wildman–Crippen LogP) is 1.11. The van der Waals surface area contributed by atoms with Gasteiger partial charge >= 0.3 is 0 Å². The molecule has 0 fully saturated rings. The van der Waals surface area contributed by atoms with Crippen molar-refractivity contribution in [1.29, 1.82) is 0 Å². The predicted molar refractivity (Wildman–Crippen MR) is 54.1 cm³/mol. The Hall–Kier alpha value is -0.220. The van der Waals surface area contributed by atoms with Gasteiger partial charge in [-0.25, -0.2) is 5.43 Å². The van der Waals surface area contributed by atoms with Crippen LogP contribution in [0.15, 0.2) is 0 Å². The van der Waals surface area contributed by atoms with Crippen molar-refractivity contribution in [1.82, 2.24) is 10.9 Å². The zero-order valence-electron chi connectivity index (χ0n) is 7.92. The Morgan fingerprint density at radius 3 is 2.50 bits per heavy atom. The molecule has 0 heterocycles. The van der Waals surface area contributed by atoms with Gasteiger partial charge in [-0.3, -0.25) is 10.2 Å². The fourth-order valence-electron chi connectivity index (χ4n) is 0.863. The Morgan fingerprint density at radius 1 is 1.50 bits per heavy atom. The fraction of sp³-hybridized carbons (Fsp3) is 0.875. The van der Waals surface area contributed by atoms with Crippen LogP contribution in [0, 0.1) is 0 Å². The number of hydrogen-bond donors (Lipinski definition) is 3. The fourth-order valence-corrected chi connectivity index (χ4v) is 1.18. The summed E-state index contributed by atoms with van der Waals surface area (Å²) in [6.45, 7) is 5.87. The minimum absolute atomic E-state index is 0.0219. The Kier molecular flexibility index (Phi) is 6.20. The van der Waals surface area contributed by atoms with Crippen LogP contribution >= 0.6 is 12.6 Å². The molecular formula is C8H18N2OS. The van der Waals surface area contributed by atoms with Crippen molar-refractivity contribution in [2.45, 2.75) is 44.9 Å². The number of hydrogen-bond acceptors (Lipinski definition) is 3. The third-order valence-corrected chi connectivity index (χ3v) is 1.68. The highest BCUT2D eigenvalue weighted by atomic mass is 32.1. The summed E-state index contributed by atoms with van der Waals surface area (Å²) in [5.74, 6) is 0.0219. The minimum Gasteiger partial charge on any atom is -0.291 e. The van der Waals surface area contributed by atoms with Gasteiger partial charge in [-0.1, -0.05) is 13.8 Å². The van der Waals surface area contributed by atoms with Crippen LogP contribution in [0.3, 0.4) is 0 Å². The summed E-state index contributed by atoms with van der Waals surface area (Å²) < 4.78 is 0. The van der Waals surface area contributed by atoms with Crippen LogP contribution in [-0.2, 0) is 4.79 Å². The molecule has 2 N–H and O–H groups in total. The average Bonchev–Trinajstić information content (AvgIpc) is 1.99. The maximum Gasteiger partial charge on any atom is 0.233 e. The molecule has 0 aliphatic carbocycles. The number of thiol groups is 1. The van der Waals surface area contributed by atoms with E-state index >= 15 is 0 Å². The van der Waals surface area contributed by atoms with E-state index in [1.54, 1.807) is 0 Å². The lowest BCUT2D eigenvalue weighted by Crippen LogP contribution is -2.43. The SMILES string of the molecule is CCC(=O)NNC(C)C[C@H](C)S. The molecule has 0 aromatic carbocycles. The first-order chi connectivity index (χ1) is 5.56. The monoisotopic (exact) mass is 190 g/mol. The van der Waals surface area contributed by atoms with Crippen LogP contribution in [0.25, 0.3) is 0 Å². The Morgan fingerprint density at radius 2 is 2.08 bits per heavy atom. The van der Waals surface area contributed by atoms with Crippen LogP contribution in [0.2, 0.25) is 0 Å². The van der Waals surface area contributed by atoms with E-state index in [0.717, 1.165) is 6.42 Å². The maximum atomic E-state index is 10.8. The van der Waals surface area contributed by atoms with Crippen LogP contribution in [0.1, 0.15) is 33.6 Å².